The second kappa shape index (κ2) is 6.50. The maximum atomic E-state index is 12.9. The van der Waals surface area contributed by atoms with Crippen LogP contribution in [0.15, 0.2) is 17.2 Å². The van der Waals surface area contributed by atoms with Gasteiger partial charge in [-0.15, -0.1) is 0 Å². The Balaban J connectivity index is 2.32. The highest BCUT2D eigenvalue weighted by Crippen LogP contribution is 2.32. The van der Waals surface area contributed by atoms with Crippen molar-refractivity contribution in [3.63, 3.8) is 0 Å². The number of aryl methyl sites for hydroxylation is 1. The summed E-state index contributed by atoms with van der Waals surface area (Å²) in [7, 11) is -1.53. The van der Waals surface area contributed by atoms with Crippen LogP contribution in [-0.4, -0.2) is 36.9 Å². The monoisotopic (exact) mass is 313 g/mol. The molecule has 1 aliphatic rings. The standard InChI is InChI=1S/C15H27N3O2S/c1-5-17-11-15(8-14(17)9-16-4)21(19,20)18(12(2)3)10-13-6-7-13/h8,11-13,16H,5-7,9-10H2,1-4H3. The molecular weight excluding hydrogens is 286 g/mol. The van der Waals surface area contributed by atoms with Gasteiger partial charge in [0.05, 0.1) is 0 Å². The fourth-order valence-electron chi connectivity index (χ4n) is 2.57. The molecule has 0 unspecified atom stereocenters. The van der Waals surface area contributed by atoms with Crippen molar-refractivity contribution in [3.8, 4) is 0 Å². The van der Waals surface area contributed by atoms with Crippen molar-refractivity contribution in [2.45, 2.75) is 57.6 Å². The second-order valence-electron chi connectivity index (χ2n) is 6.10. The van der Waals surface area contributed by atoms with Crippen molar-refractivity contribution < 1.29 is 8.42 Å². The predicted octanol–water partition coefficient (Wildman–Crippen LogP) is 2.04. The Hall–Kier alpha value is -0.850. The summed E-state index contributed by atoms with van der Waals surface area (Å²) in [5, 5.41) is 3.09. The lowest BCUT2D eigenvalue weighted by atomic mass is 10.3. The van der Waals surface area contributed by atoms with Gasteiger partial charge in [0.25, 0.3) is 0 Å². The van der Waals surface area contributed by atoms with Gasteiger partial charge in [-0.1, -0.05) is 0 Å². The summed E-state index contributed by atoms with van der Waals surface area (Å²) in [6.45, 7) is 8.03. The zero-order valence-corrected chi connectivity index (χ0v) is 14.3. The first-order valence-corrected chi connectivity index (χ1v) is 9.19. The molecule has 2 rings (SSSR count). The van der Waals surface area contributed by atoms with E-state index in [1.54, 1.807) is 16.6 Å². The van der Waals surface area contributed by atoms with Gasteiger partial charge >= 0.3 is 0 Å². The summed E-state index contributed by atoms with van der Waals surface area (Å²) in [4.78, 5) is 0.420. The molecule has 1 aromatic rings. The second-order valence-corrected chi connectivity index (χ2v) is 7.99. The molecule has 1 N–H and O–H groups in total. The van der Waals surface area contributed by atoms with Gasteiger partial charge in [0.1, 0.15) is 4.90 Å². The van der Waals surface area contributed by atoms with Gasteiger partial charge < -0.3 is 9.88 Å². The van der Waals surface area contributed by atoms with Crippen molar-refractivity contribution in [3.05, 3.63) is 18.0 Å². The van der Waals surface area contributed by atoms with Gasteiger partial charge in [-0.05, 0) is 52.6 Å². The molecule has 1 aliphatic carbocycles. The Morgan fingerprint density at radius 1 is 1.43 bits per heavy atom. The average molecular weight is 313 g/mol. The van der Waals surface area contributed by atoms with Crippen LogP contribution < -0.4 is 5.32 Å². The molecule has 5 nitrogen and oxygen atoms in total. The predicted molar refractivity (Wildman–Crippen MR) is 84.6 cm³/mol. The van der Waals surface area contributed by atoms with E-state index >= 15 is 0 Å². The highest BCUT2D eigenvalue weighted by Gasteiger charge is 2.34. The van der Waals surface area contributed by atoms with Crippen LogP contribution in [0.25, 0.3) is 0 Å². The summed E-state index contributed by atoms with van der Waals surface area (Å²) in [6, 6.07) is 1.80. The number of hydrogen-bond donors (Lipinski definition) is 1. The lowest BCUT2D eigenvalue weighted by molar-refractivity contribution is 0.341. The van der Waals surface area contributed by atoms with E-state index < -0.39 is 10.0 Å². The van der Waals surface area contributed by atoms with Crippen molar-refractivity contribution >= 4 is 10.0 Å². The maximum Gasteiger partial charge on any atom is 0.244 e. The van der Waals surface area contributed by atoms with E-state index in [0.717, 1.165) is 25.1 Å². The zero-order valence-electron chi connectivity index (χ0n) is 13.5. The molecule has 0 aliphatic heterocycles. The van der Waals surface area contributed by atoms with E-state index in [2.05, 4.69) is 5.32 Å². The van der Waals surface area contributed by atoms with Crippen LogP contribution >= 0.6 is 0 Å². The Morgan fingerprint density at radius 3 is 2.57 bits per heavy atom. The zero-order chi connectivity index (χ0) is 15.6. The molecule has 21 heavy (non-hydrogen) atoms. The van der Waals surface area contributed by atoms with Crippen molar-refractivity contribution in [2.75, 3.05) is 13.6 Å². The fraction of sp³-hybridized carbons (Fsp3) is 0.733. The van der Waals surface area contributed by atoms with E-state index in [-0.39, 0.29) is 6.04 Å². The normalized spacial score (nSPS) is 16.1. The highest BCUT2D eigenvalue weighted by atomic mass is 32.2. The molecule has 120 valence electrons. The summed E-state index contributed by atoms with van der Waals surface area (Å²) in [5.41, 5.74) is 1.01. The van der Waals surface area contributed by atoms with Crippen LogP contribution in [-0.2, 0) is 23.1 Å². The van der Waals surface area contributed by atoms with E-state index in [1.165, 1.54) is 0 Å². The first-order valence-electron chi connectivity index (χ1n) is 7.75. The Kier molecular flexibility index (Phi) is 5.11. The molecule has 0 saturated heterocycles. The van der Waals surface area contributed by atoms with Crippen LogP contribution in [0.5, 0.6) is 0 Å². The third-order valence-corrected chi connectivity index (χ3v) is 5.98. The number of hydrogen-bond acceptors (Lipinski definition) is 3. The van der Waals surface area contributed by atoms with E-state index in [9.17, 15) is 8.42 Å². The molecule has 0 atom stereocenters. The number of aromatic nitrogens is 1. The molecule has 0 radical (unpaired) electrons. The van der Waals surface area contributed by atoms with Crippen molar-refractivity contribution in [1.82, 2.24) is 14.2 Å². The van der Waals surface area contributed by atoms with Gasteiger partial charge in [-0.2, -0.15) is 4.31 Å². The van der Waals surface area contributed by atoms with E-state index in [1.807, 2.05) is 32.4 Å². The first-order chi connectivity index (χ1) is 9.90. The molecule has 1 fully saturated rings. The summed E-state index contributed by atoms with van der Waals surface area (Å²) < 4.78 is 29.5. The largest absolute Gasteiger partial charge is 0.349 e. The maximum absolute atomic E-state index is 12.9. The van der Waals surface area contributed by atoms with Gasteiger partial charge in [0, 0.05) is 37.6 Å². The first kappa shape index (κ1) is 16.5. The minimum absolute atomic E-state index is 0.00618. The highest BCUT2D eigenvalue weighted by molar-refractivity contribution is 7.89. The molecular formula is C15H27N3O2S. The third-order valence-electron chi connectivity index (χ3n) is 3.98. The summed E-state index contributed by atoms with van der Waals surface area (Å²) in [5.74, 6) is 0.548. The number of sulfonamides is 1. The van der Waals surface area contributed by atoms with Crippen molar-refractivity contribution in [2.24, 2.45) is 5.92 Å². The lowest BCUT2D eigenvalue weighted by Crippen LogP contribution is -2.38. The molecule has 0 aromatic carbocycles. The topological polar surface area (TPSA) is 54.3 Å². The quantitative estimate of drug-likeness (QED) is 0.799. The minimum Gasteiger partial charge on any atom is -0.349 e. The third kappa shape index (κ3) is 3.67. The van der Waals surface area contributed by atoms with E-state index in [4.69, 9.17) is 0 Å². The number of nitrogens with one attached hydrogen (secondary N) is 1. The van der Waals surface area contributed by atoms with Crippen LogP contribution in [0, 0.1) is 5.92 Å². The van der Waals surface area contributed by atoms with Gasteiger partial charge in [-0.3, -0.25) is 0 Å². The van der Waals surface area contributed by atoms with Gasteiger partial charge in [0.2, 0.25) is 10.0 Å². The summed E-state index contributed by atoms with van der Waals surface area (Å²) in [6.07, 6.45) is 4.07. The lowest BCUT2D eigenvalue weighted by Gasteiger charge is -2.25. The molecule has 6 heteroatoms. The van der Waals surface area contributed by atoms with Crippen LogP contribution in [0.3, 0.4) is 0 Å². The van der Waals surface area contributed by atoms with Crippen LogP contribution in [0.1, 0.15) is 39.3 Å². The van der Waals surface area contributed by atoms with Crippen molar-refractivity contribution in [1.29, 1.82) is 0 Å². The summed E-state index contributed by atoms with van der Waals surface area (Å²) >= 11 is 0. The molecule has 0 amide bonds. The number of rotatable bonds is 8. The van der Waals surface area contributed by atoms with Crippen LogP contribution in [0.2, 0.25) is 0 Å². The SMILES string of the molecule is CCn1cc(S(=O)(=O)N(CC2CC2)C(C)C)cc1CNC. The smallest absolute Gasteiger partial charge is 0.244 e. The Bertz CT molecular complexity index is 574. The molecule has 1 saturated carbocycles. The molecule has 1 aromatic heterocycles. The average Bonchev–Trinajstić information content (AvgIpc) is 3.15. The Labute approximate surface area is 128 Å². The number of nitrogens with zero attached hydrogens (tertiary/aromatic N) is 2. The van der Waals surface area contributed by atoms with E-state index in [0.29, 0.717) is 23.9 Å². The van der Waals surface area contributed by atoms with Gasteiger partial charge in [-0.25, -0.2) is 8.42 Å². The Morgan fingerprint density at radius 2 is 2.10 bits per heavy atom. The molecule has 1 heterocycles. The molecule has 0 bridgehead atoms. The molecule has 0 spiro atoms. The van der Waals surface area contributed by atoms with Crippen LogP contribution in [0.4, 0.5) is 0 Å². The van der Waals surface area contributed by atoms with Gasteiger partial charge in [0.15, 0.2) is 0 Å². The fourth-order valence-corrected chi connectivity index (χ4v) is 4.35. The minimum atomic E-state index is -3.40.